The van der Waals surface area contributed by atoms with E-state index in [2.05, 4.69) is 20.8 Å². The Morgan fingerprint density at radius 3 is 2.43 bits per heavy atom. The molecule has 110 valence electrons. The number of aryl methyl sites for hydroxylation is 1. The summed E-state index contributed by atoms with van der Waals surface area (Å²) in [6, 6.07) is 6.06. The molecular weight excluding hydrogens is 272 g/mol. The molecule has 0 aliphatic carbocycles. The number of aromatic amines is 1. The molecule has 1 heterocycles. The summed E-state index contributed by atoms with van der Waals surface area (Å²) in [6.07, 6.45) is 1.67. The second kappa shape index (κ2) is 6.56. The van der Waals surface area contributed by atoms with E-state index in [0.29, 0.717) is 13.1 Å². The number of carboxylic acids is 1. The largest absolute Gasteiger partial charge is 0.478 e. The van der Waals surface area contributed by atoms with Crippen LogP contribution in [0.25, 0.3) is 0 Å². The lowest BCUT2D eigenvalue weighted by Gasteiger charge is -2.07. The number of rotatable bonds is 5. The van der Waals surface area contributed by atoms with Gasteiger partial charge in [-0.25, -0.2) is 9.59 Å². The Morgan fingerprint density at radius 2 is 1.86 bits per heavy atom. The van der Waals surface area contributed by atoms with Crippen LogP contribution < -0.4 is 10.6 Å². The minimum absolute atomic E-state index is 0.221. The summed E-state index contributed by atoms with van der Waals surface area (Å²) in [4.78, 5) is 22.4. The maximum absolute atomic E-state index is 11.7. The summed E-state index contributed by atoms with van der Waals surface area (Å²) in [5.74, 6) is -0.970. The van der Waals surface area contributed by atoms with E-state index in [0.717, 1.165) is 16.8 Å². The number of hydrogen-bond acceptors (Lipinski definition) is 3. The monoisotopic (exact) mass is 288 g/mol. The number of carbonyl (C=O) groups is 2. The van der Waals surface area contributed by atoms with E-state index in [1.165, 1.54) is 12.1 Å². The number of aromatic nitrogens is 2. The van der Waals surface area contributed by atoms with Crippen molar-refractivity contribution < 1.29 is 14.7 Å². The van der Waals surface area contributed by atoms with Crippen molar-refractivity contribution in [3.8, 4) is 0 Å². The third-order valence-electron chi connectivity index (χ3n) is 3.03. The third-order valence-corrected chi connectivity index (χ3v) is 3.03. The van der Waals surface area contributed by atoms with E-state index >= 15 is 0 Å². The van der Waals surface area contributed by atoms with E-state index in [1.54, 1.807) is 18.3 Å². The minimum Gasteiger partial charge on any atom is -0.478 e. The maximum atomic E-state index is 11.7. The van der Waals surface area contributed by atoms with Crippen molar-refractivity contribution in [1.29, 1.82) is 0 Å². The number of urea groups is 1. The minimum atomic E-state index is -0.970. The molecule has 4 N–H and O–H groups in total. The van der Waals surface area contributed by atoms with Crippen molar-refractivity contribution >= 4 is 12.0 Å². The number of aromatic carboxylic acids is 1. The summed E-state index contributed by atoms with van der Waals surface area (Å²) in [5, 5.41) is 20.9. The van der Waals surface area contributed by atoms with Crippen LogP contribution in [0.4, 0.5) is 4.79 Å². The summed E-state index contributed by atoms with van der Waals surface area (Å²) in [6.45, 7) is 2.61. The molecule has 0 saturated heterocycles. The van der Waals surface area contributed by atoms with Gasteiger partial charge in [0.05, 0.1) is 11.8 Å². The van der Waals surface area contributed by atoms with E-state index < -0.39 is 5.97 Å². The van der Waals surface area contributed by atoms with Crippen LogP contribution in [0.3, 0.4) is 0 Å². The Hall–Kier alpha value is -2.83. The molecule has 7 heteroatoms. The quantitative estimate of drug-likeness (QED) is 0.667. The molecule has 7 nitrogen and oxygen atoms in total. The molecule has 0 fully saturated rings. The number of hydrogen-bond donors (Lipinski definition) is 4. The van der Waals surface area contributed by atoms with Crippen molar-refractivity contribution in [3.63, 3.8) is 0 Å². The number of amides is 2. The molecule has 0 bridgehead atoms. The number of benzene rings is 1. The molecule has 0 aliphatic heterocycles. The third kappa shape index (κ3) is 4.07. The van der Waals surface area contributed by atoms with E-state index in [1.807, 2.05) is 6.92 Å². The number of nitrogens with zero attached hydrogens (tertiary/aromatic N) is 1. The first-order chi connectivity index (χ1) is 10.1. The average Bonchev–Trinajstić information content (AvgIpc) is 2.88. The molecule has 0 spiro atoms. The Bertz CT molecular complexity index is 634. The predicted molar refractivity (Wildman–Crippen MR) is 75.8 cm³/mol. The van der Waals surface area contributed by atoms with Gasteiger partial charge in [0.25, 0.3) is 0 Å². The van der Waals surface area contributed by atoms with Gasteiger partial charge in [0.15, 0.2) is 0 Å². The van der Waals surface area contributed by atoms with Crippen LogP contribution in [0.1, 0.15) is 27.2 Å². The Kier molecular flexibility index (Phi) is 4.55. The number of nitrogens with one attached hydrogen (secondary N) is 3. The standard InChI is InChI=1S/C14H16N4O3/c1-9-12(8-17-18-9)7-16-14(21)15-6-10-2-4-11(5-3-10)13(19)20/h2-5,8H,6-7H2,1H3,(H,17,18)(H,19,20)(H2,15,16,21). The highest BCUT2D eigenvalue weighted by Crippen LogP contribution is 2.04. The highest BCUT2D eigenvalue weighted by molar-refractivity contribution is 5.87. The Labute approximate surface area is 121 Å². The van der Waals surface area contributed by atoms with Gasteiger partial charge in [-0.15, -0.1) is 0 Å². The first-order valence-electron chi connectivity index (χ1n) is 6.39. The molecule has 0 saturated carbocycles. The van der Waals surface area contributed by atoms with Gasteiger partial charge in [0, 0.05) is 24.3 Å². The van der Waals surface area contributed by atoms with Crippen LogP contribution in [0.15, 0.2) is 30.5 Å². The van der Waals surface area contributed by atoms with E-state index in [-0.39, 0.29) is 11.6 Å². The number of carbonyl (C=O) groups excluding carboxylic acids is 1. The van der Waals surface area contributed by atoms with Crippen molar-refractivity contribution in [2.24, 2.45) is 0 Å². The zero-order chi connectivity index (χ0) is 15.2. The van der Waals surface area contributed by atoms with Crippen molar-refractivity contribution in [3.05, 3.63) is 52.8 Å². The van der Waals surface area contributed by atoms with Crippen LogP contribution in [0, 0.1) is 6.92 Å². The molecule has 0 atom stereocenters. The highest BCUT2D eigenvalue weighted by atomic mass is 16.4. The first-order valence-corrected chi connectivity index (χ1v) is 6.39. The Balaban J connectivity index is 1.78. The highest BCUT2D eigenvalue weighted by Gasteiger charge is 2.05. The van der Waals surface area contributed by atoms with Crippen LogP contribution in [0.5, 0.6) is 0 Å². The van der Waals surface area contributed by atoms with Crippen LogP contribution in [-0.2, 0) is 13.1 Å². The van der Waals surface area contributed by atoms with Crippen LogP contribution in [-0.4, -0.2) is 27.3 Å². The molecule has 1 aromatic carbocycles. The van der Waals surface area contributed by atoms with Gasteiger partial charge in [-0.2, -0.15) is 5.10 Å². The van der Waals surface area contributed by atoms with Gasteiger partial charge in [0.1, 0.15) is 0 Å². The second-order valence-electron chi connectivity index (χ2n) is 4.56. The fourth-order valence-corrected chi connectivity index (χ4v) is 1.74. The molecular formula is C14H16N4O3. The summed E-state index contributed by atoms with van der Waals surface area (Å²) in [5.41, 5.74) is 2.89. The van der Waals surface area contributed by atoms with Gasteiger partial charge in [-0.1, -0.05) is 12.1 Å². The van der Waals surface area contributed by atoms with Crippen molar-refractivity contribution in [1.82, 2.24) is 20.8 Å². The lowest BCUT2D eigenvalue weighted by molar-refractivity contribution is 0.0697. The molecule has 1 aromatic heterocycles. The zero-order valence-corrected chi connectivity index (χ0v) is 11.5. The van der Waals surface area contributed by atoms with Crippen molar-refractivity contribution in [2.75, 3.05) is 0 Å². The summed E-state index contributed by atoms with van der Waals surface area (Å²) < 4.78 is 0. The van der Waals surface area contributed by atoms with E-state index in [9.17, 15) is 9.59 Å². The molecule has 21 heavy (non-hydrogen) atoms. The van der Waals surface area contributed by atoms with E-state index in [4.69, 9.17) is 5.11 Å². The normalized spacial score (nSPS) is 10.1. The molecule has 2 aromatic rings. The number of carboxylic acid groups (broad SMARTS) is 1. The SMILES string of the molecule is Cc1[nH]ncc1CNC(=O)NCc1ccc(C(=O)O)cc1. The fourth-order valence-electron chi connectivity index (χ4n) is 1.74. The lowest BCUT2D eigenvalue weighted by atomic mass is 10.1. The predicted octanol–water partition coefficient (Wildman–Crippen LogP) is 1.42. The molecule has 2 amide bonds. The average molecular weight is 288 g/mol. The topological polar surface area (TPSA) is 107 Å². The number of H-pyrrole nitrogens is 1. The molecule has 0 unspecified atom stereocenters. The fraction of sp³-hybridized carbons (Fsp3) is 0.214. The molecule has 2 rings (SSSR count). The second-order valence-corrected chi connectivity index (χ2v) is 4.56. The molecule has 0 radical (unpaired) electrons. The van der Waals surface area contributed by atoms with Crippen LogP contribution in [0.2, 0.25) is 0 Å². The molecule has 0 aliphatic rings. The van der Waals surface area contributed by atoms with Crippen molar-refractivity contribution in [2.45, 2.75) is 20.0 Å². The van der Waals surface area contributed by atoms with Crippen LogP contribution >= 0.6 is 0 Å². The first kappa shape index (κ1) is 14.6. The maximum Gasteiger partial charge on any atom is 0.335 e. The van der Waals surface area contributed by atoms with Gasteiger partial charge in [0.2, 0.25) is 0 Å². The van der Waals surface area contributed by atoms with Gasteiger partial charge in [-0.05, 0) is 24.6 Å². The summed E-state index contributed by atoms with van der Waals surface area (Å²) >= 11 is 0. The Morgan fingerprint density at radius 1 is 1.19 bits per heavy atom. The lowest BCUT2D eigenvalue weighted by Crippen LogP contribution is -2.34. The van der Waals surface area contributed by atoms with Gasteiger partial charge >= 0.3 is 12.0 Å². The van der Waals surface area contributed by atoms with Gasteiger partial charge in [-0.3, -0.25) is 5.10 Å². The smallest absolute Gasteiger partial charge is 0.335 e. The zero-order valence-electron chi connectivity index (χ0n) is 11.5. The van der Waals surface area contributed by atoms with Gasteiger partial charge < -0.3 is 15.7 Å². The summed E-state index contributed by atoms with van der Waals surface area (Å²) in [7, 11) is 0.